The van der Waals surface area contributed by atoms with Gasteiger partial charge in [-0.3, -0.25) is 4.79 Å². The number of halogens is 1. The van der Waals surface area contributed by atoms with Crippen LogP contribution in [-0.2, 0) is 11.3 Å². The second-order valence-electron chi connectivity index (χ2n) is 4.48. The number of methoxy groups -OCH3 is 1. The van der Waals surface area contributed by atoms with Crippen LogP contribution in [0.2, 0.25) is 0 Å². The summed E-state index contributed by atoms with van der Waals surface area (Å²) in [5, 5.41) is 6.01. The zero-order chi connectivity index (χ0) is 15.1. The van der Waals surface area contributed by atoms with Gasteiger partial charge in [0, 0.05) is 10.1 Å². The third kappa shape index (κ3) is 5.02. The summed E-state index contributed by atoms with van der Waals surface area (Å²) in [6.07, 6.45) is 0. The van der Waals surface area contributed by atoms with E-state index in [-0.39, 0.29) is 12.5 Å². The Labute approximate surface area is 138 Å². The van der Waals surface area contributed by atoms with Gasteiger partial charge in [-0.05, 0) is 46.4 Å². The Balaban J connectivity index is 1.82. The minimum atomic E-state index is -0.0611. The number of anilines is 1. The lowest BCUT2D eigenvalue weighted by Gasteiger charge is -2.09. The maximum atomic E-state index is 11.9. The van der Waals surface area contributed by atoms with E-state index in [0.29, 0.717) is 6.54 Å². The van der Waals surface area contributed by atoms with E-state index in [4.69, 9.17) is 4.74 Å². The summed E-state index contributed by atoms with van der Waals surface area (Å²) in [6, 6.07) is 15.5. The lowest BCUT2D eigenvalue weighted by atomic mass is 10.2. The summed E-state index contributed by atoms with van der Waals surface area (Å²) in [6.45, 7) is 0.949. The van der Waals surface area contributed by atoms with E-state index in [1.807, 2.05) is 48.5 Å². The predicted molar refractivity (Wildman–Crippen MR) is 92.5 cm³/mol. The Bertz CT molecular complexity index is 602. The van der Waals surface area contributed by atoms with Crippen molar-refractivity contribution in [2.24, 2.45) is 0 Å². The molecule has 2 aromatic carbocycles. The monoisotopic (exact) mass is 396 g/mol. The molecule has 4 nitrogen and oxygen atoms in total. The van der Waals surface area contributed by atoms with Crippen LogP contribution in [-0.4, -0.2) is 19.6 Å². The molecule has 21 heavy (non-hydrogen) atoms. The van der Waals surface area contributed by atoms with Crippen molar-refractivity contribution < 1.29 is 9.53 Å². The average Bonchev–Trinajstić information content (AvgIpc) is 2.50. The number of carbonyl (C=O) groups excluding carboxylic acids is 1. The van der Waals surface area contributed by atoms with Crippen LogP contribution in [0, 0.1) is 3.57 Å². The molecule has 0 radical (unpaired) electrons. The summed E-state index contributed by atoms with van der Waals surface area (Å²) >= 11 is 2.17. The van der Waals surface area contributed by atoms with Gasteiger partial charge in [-0.15, -0.1) is 0 Å². The van der Waals surface area contributed by atoms with Crippen molar-refractivity contribution in [3.63, 3.8) is 0 Å². The molecule has 0 atom stereocenters. The fraction of sp³-hybridized carbons (Fsp3) is 0.188. The van der Waals surface area contributed by atoms with Gasteiger partial charge < -0.3 is 15.4 Å². The zero-order valence-corrected chi connectivity index (χ0v) is 13.9. The number of hydrogen-bond donors (Lipinski definition) is 2. The molecule has 1 amide bonds. The largest absolute Gasteiger partial charge is 0.497 e. The van der Waals surface area contributed by atoms with Gasteiger partial charge in [0.25, 0.3) is 0 Å². The van der Waals surface area contributed by atoms with E-state index in [1.165, 1.54) is 0 Å². The van der Waals surface area contributed by atoms with Crippen LogP contribution in [0.3, 0.4) is 0 Å². The SMILES string of the molecule is COc1ccc(NC(=O)CNCc2ccccc2)c(I)c1. The summed E-state index contributed by atoms with van der Waals surface area (Å²) < 4.78 is 6.09. The maximum absolute atomic E-state index is 11.9. The first kappa shape index (κ1) is 15.8. The Morgan fingerprint density at radius 1 is 1.19 bits per heavy atom. The lowest BCUT2D eigenvalue weighted by molar-refractivity contribution is -0.115. The van der Waals surface area contributed by atoms with Crippen molar-refractivity contribution in [1.82, 2.24) is 5.32 Å². The minimum Gasteiger partial charge on any atom is -0.497 e. The first-order valence-corrected chi connectivity index (χ1v) is 7.65. The van der Waals surface area contributed by atoms with Gasteiger partial charge in [0.05, 0.1) is 19.3 Å². The van der Waals surface area contributed by atoms with Gasteiger partial charge in [-0.1, -0.05) is 30.3 Å². The number of amides is 1. The molecule has 5 heteroatoms. The van der Waals surface area contributed by atoms with Gasteiger partial charge in [0.1, 0.15) is 5.75 Å². The molecule has 0 spiro atoms. The first-order valence-electron chi connectivity index (χ1n) is 6.57. The van der Waals surface area contributed by atoms with Crippen LogP contribution >= 0.6 is 22.6 Å². The molecule has 0 bridgehead atoms. The van der Waals surface area contributed by atoms with E-state index < -0.39 is 0 Å². The standard InChI is InChI=1S/C16H17IN2O2/c1-21-13-7-8-15(14(17)9-13)19-16(20)11-18-10-12-5-3-2-4-6-12/h2-9,18H,10-11H2,1H3,(H,19,20). The summed E-state index contributed by atoms with van der Waals surface area (Å²) in [4.78, 5) is 11.9. The number of benzene rings is 2. The highest BCUT2D eigenvalue weighted by Gasteiger charge is 2.06. The number of hydrogen-bond acceptors (Lipinski definition) is 3. The van der Waals surface area contributed by atoms with Crippen LogP contribution < -0.4 is 15.4 Å². The van der Waals surface area contributed by atoms with E-state index in [0.717, 1.165) is 20.6 Å². The summed E-state index contributed by atoms with van der Waals surface area (Å²) in [5.74, 6) is 0.716. The Kier molecular flexibility index (Phi) is 6.01. The fourth-order valence-corrected chi connectivity index (χ4v) is 2.46. The fourth-order valence-electron chi connectivity index (χ4n) is 1.83. The lowest BCUT2D eigenvalue weighted by Crippen LogP contribution is -2.27. The van der Waals surface area contributed by atoms with Crippen molar-refractivity contribution in [2.75, 3.05) is 19.0 Å². The number of ether oxygens (including phenoxy) is 1. The van der Waals surface area contributed by atoms with Crippen molar-refractivity contribution in [1.29, 1.82) is 0 Å². The van der Waals surface area contributed by atoms with Crippen molar-refractivity contribution >= 4 is 34.2 Å². The van der Waals surface area contributed by atoms with Crippen molar-refractivity contribution in [2.45, 2.75) is 6.54 Å². The third-order valence-corrected chi connectivity index (χ3v) is 3.80. The molecule has 0 fully saturated rings. The molecular formula is C16H17IN2O2. The predicted octanol–water partition coefficient (Wildman–Crippen LogP) is 3.03. The number of nitrogens with one attached hydrogen (secondary N) is 2. The highest BCUT2D eigenvalue weighted by Crippen LogP contribution is 2.23. The maximum Gasteiger partial charge on any atom is 0.238 e. The van der Waals surface area contributed by atoms with Crippen LogP contribution in [0.1, 0.15) is 5.56 Å². The van der Waals surface area contributed by atoms with Crippen LogP contribution in [0.4, 0.5) is 5.69 Å². The van der Waals surface area contributed by atoms with Gasteiger partial charge in [-0.25, -0.2) is 0 Å². The third-order valence-electron chi connectivity index (χ3n) is 2.91. The zero-order valence-electron chi connectivity index (χ0n) is 11.7. The van der Waals surface area contributed by atoms with Gasteiger partial charge in [0.15, 0.2) is 0 Å². The molecule has 0 heterocycles. The molecule has 2 rings (SSSR count). The normalized spacial score (nSPS) is 10.2. The first-order chi connectivity index (χ1) is 10.2. The van der Waals surface area contributed by atoms with Crippen molar-refractivity contribution in [3.8, 4) is 5.75 Å². The molecule has 2 N–H and O–H groups in total. The molecule has 110 valence electrons. The molecule has 0 saturated carbocycles. The smallest absolute Gasteiger partial charge is 0.238 e. The van der Waals surface area contributed by atoms with Crippen LogP contribution in [0.25, 0.3) is 0 Å². The molecule has 0 unspecified atom stereocenters. The van der Waals surface area contributed by atoms with Gasteiger partial charge in [-0.2, -0.15) is 0 Å². The van der Waals surface area contributed by atoms with Crippen molar-refractivity contribution in [3.05, 3.63) is 57.7 Å². The quantitative estimate of drug-likeness (QED) is 0.739. The van der Waals surface area contributed by atoms with Crippen LogP contribution in [0.15, 0.2) is 48.5 Å². The topological polar surface area (TPSA) is 50.4 Å². The highest BCUT2D eigenvalue weighted by atomic mass is 127. The van der Waals surface area contributed by atoms with Crippen LogP contribution in [0.5, 0.6) is 5.75 Å². The second kappa shape index (κ2) is 7.99. The summed E-state index contributed by atoms with van der Waals surface area (Å²) in [7, 11) is 1.62. The summed E-state index contributed by atoms with van der Waals surface area (Å²) in [5.41, 5.74) is 1.95. The average molecular weight is 396 g/mol. The molecule has 0 aromatic heterocycles. The highest BCUT2D eigenvalue weighted by molar-refractivity contribution is 14.1. The molecule has 2 aromatic rings. The Hall–Kier alpha value is -1.60. The molecule has 0 saturated heterocycles. The number of rotatable bonds is 6. The molecule has 0 aliphatic heterocycles. The molecule has 0 aliphatic rings. The van der Waals surface area contributed by atoms with Gasteiger partial charge in [0.2, 0.25) is 5.91 Å². The van der Waals surface area contributed by atoms with Gasteiger partial charge >= 0.3 is 0 Å². The molecule has 0 aliphatic carbocycles. The minimum absolute atomic E-state index is 0.0611. The molecular weight excluding hydrogens is 379 g/mol. The van der Waals surface area contributed by atoms with E-state index in [2.05, 4.69) is 33.2 Å². The van der Waals surface area contributed by atoms with E-state index >= 15 is 0 Å². The van der Waals surface area contributed by atoms with E-state index in [1.54, 1.807) is 7.11 Å². The Morgan fingerprint density at radius 2 is 1.95 bits per heavy atom. The Morgan fingerprint density at radius 3 is 2.62 bits per heavy atom. The second-order valence-corrected chi connectivity index (χ2v) is 5.65. The number of carbonyl (C=O) groups is 1. The van der Waals surface area contributed by atoms with E-state index in [9.17, 15) is 4.79 Å².